The molecular formula is C31H34F2N2O4. The van der Waals surface area contributed by atoms with Gasteiger partial charge in [0.2, 0.25) is 5.91 Å². The summed E-state index contributed by atoms with van der Waals surface area (Å²) in [5.41, 5.74) is 2.74. The van der Waals surface area contributed by atoms with Crippen molar-refractivity contribution < 1.29 is 27.8 Å². The minimum atomic E-state index is -1.02. The van der Waals surface area contributed by atoms with E-state index in [1.54, 1.807) is 0 Å². The Morgan fingerprint density at radius 3 is 2.26 bits per heavy atom. The SMILES string of the molecule is COC(=O)C1CC(OC)CN1C(=O)[C@@H](Nc1ccc(F)c(F)c1)C(C)(C)Cc1ccc(-c2ccccc2)cc1. The number of rotatable bonds is 9. The zero-order valence-electron chi connectivity index (χ0n) is 22.6. The minimum Gasteiger partial charge on any atom is -0.467 e. The van der Waals surface area contributed by atoms with Gasteiger partial charge in [0.15, 0.2) is 11.6 Å². The summed E-state index contributed by atoms with van der Waals surface area (Å²) in [4.78, 5) is 28.1. The van der Waals surface area contributed by atoms with Gasteiger partial charge in [-0.25, -0.2) is 13.6 Å². The van der Waals surface area contributed by atoms with Gasteiger partial charge in [-0.15, -0.1) is 0 Å². The van der Waals surface area contributed by atoms with Gasteiger partial charge in [0.25, 0.3) is 0 Å². The van der Waals surface area contributed by atoms with Gasteiger partial charge in [0.05, 0.1) is 13.2 Å². The zero-order valence-corrected chi connectivity index (χ0v) is 22.6. The summed E-state index contributed by atoms with van der Waals surface area (Å²) in [6, 6.07) is 19.9. The molecule has 1 fully saturated rings. The first-order valence-corrected chi connectivity index (χ1v) is 12.9. The second-order valence-corrected chi connectivity index (χ2v) is 10.6. The lowest BCUT2D eigenvalue weighted by molar-refractivity contribution is -0.152. The quantitative estimate of drug-likeness (QED) is 0.368. The maximum absolute atomic E-state index is 14.1. The van der Waals surface area contributed by atoms with Crippen molar-refractivity contribution in [2.45, 2.75) is 44.9 Å². The van der Waals surface area contributed by atoms with Gasteiger partial charge in [0, 0.05) is 31.8 Å². The Kier molecular flexibility index (Phi) is 8.65. The third-order valence-corrected chi connectivity index (χ3v) is 7.33. The molecule has 1 saturated heterocycles. The Balaban J connectivity index is 1.64. The molecule has 2 unspecified atom stereocenters. The van der Waals surface area contributed by atoms with E-state index in [-0.39, 0.29) is 24.2 Å². The minimum absolute atomic E-state index is 0.215. The fourth-order valence-electron chi connectivity index (χ4n) is 5.15. The number of hydrogen-bond acceptors (Lipinski definition) is 5. The molecule has 0 aliphatic carbocycles. The molecule has 3 aromatic carbocycles. The smallest absolute Gasteiger partial charge is 0.328 e. The molecule has 0 bridgehead atoms. The van der Waals surface area contributed by atoms with Crippen LogP contribution in [0.15, 0.2) is 72.8 Å². The van der Waals surface area contributed by atoms with E-state index in [2.05, 4.69) is 5.32 Å². The van der Waals surface area contributed by atoms with Crippen LogP contribution in [0, 0.1) is 17.0 Å². The normalized spacial score (nSPS) is 18.1. The Morgan fingerprint density at radius 2 is 1.64 bits per heavy atom. The Bertz CT molecular complexity index is 1300. The molecular weight excluding hydrogens is 502 g/mol. The number of amides is 1. The molecule has 6 nitrogen and oxygen atoms in total. The van der Waals surface area contributed by atoms with Crippen LogP contribution in [-0.4, -0.2) is 55.7 Å². The monoisotopic (exact) mass is 536 g/mol. The third kappa shape index (κ3) is 6.45. The summed E-state index contributed by atoms with van der Waals surface area (Å²) in [7, 11) is 2.82. The highest BCUT2D eigenvalue weighted by Gasteiger charge is 2.46. The van der Waals surface area contributed by atoms with Gasteiger partial charge in [-0.3, -0.25) is 4.79 Å². The van der Waals surface area contributed by atoms with Gasteiger partial charge in [-0.1, -0.05) is 68.4 Å². The molecule has 39 heavy (non-hydrogen) atoms. The van der Waals surface area contributed by atoms with Crippen LogP contribution in [-0.2, 0) is 25.5 Å². The summed E-state index contributed by atoms with van der Waals surface area (Å²) in [5, 5.41) is 3.14. The number of ether oxygens (including phenoxy) is 2. The molecule has 0 spiro atoms. The van der Waals surface area contributed by atoms with Crippen molar-refractivity contribution in [3.8, 4) is 11.1 Å². The predicted octanol–water partition coefficient (Wildman–Crippen LogP) is 5.47. The fraction of sp³-hybridized carbons (Fsp3) is 0.355. The number of halogens is 2. The van der Waals surface area contributed by atoms with Crippen molar-refractivity contribution in [2.24, 2.45) is 5.41 Å². The predicted molar refractivity (Wildman–Crippen MR) is 146 cm³/mol. The van der Waals surface area contributed by atoms with Crippen molar-refractivity contribution in [1.82, 2.24) is 4.90 Å². The molecule has 3 aromatic rings. The lowest BCUT2D eigenvalue weighted by Crippen LogP contribution is -2.54. The Labute approximate surface area is 227 Å². The number of anilines is 1. The van der Waals surface area contributed by atoms with Crippen LogP contribution in [0.5, 0.6) is 0 Å². The van der Waals surface area contributed by atoms with Crippen molar-refractivity contribution in [3.63, 3.8) is 0 Å². The van der Waals surface area contributed by atoms with Gasteiger partial charge in [-0.2, -0.15) is 0 Å². The molecule has 206 valence electrons. The largest absolute Gasteiger partial charge is 0.467 e. The Morgan fingerprint density at radius 1 is 0.974 bits per heavy atom. The van der Waals surface area contributed by atoms with Crippen LogP contribution in [0.25, 0.3) is 11.1 Å². The summed E-state index contributed by atoms with van der Waals surface area (Å²) >= 11 is 0. The molecule has 1 amide bonds. The van der Waals surface area contributed by atoms with Gasteiger partial charge in [0.1, 0.15) is 12.1 Å². The van der Waals surface area contributed by atoms with Crippen LogP contribution in [0.2, 0.25) is 0 Å². The van der Waals surface area contributed by atoms with Crippen molar-refractivity contribution in [1.29, 1.82) is 0 Å². The molecule has 4 rings (SSSR count). The summed E-state index contributed by atoms with van der Waals surface area (Å²) in [5.74, 6) is -2.87. The average molecular weight is 537 g/mol. The highest BCUT2D eigenvalue weighted by Crippen LogP contribution is 2.33. The van der Waals surface area contributed by atoms with Crippen LogP contribution in [0.4, 0.5) is 14.5 Å². The molecule has 1 N–H and O–H groups in total. The first-order valence-electron chi connectivity index (χ1n) is 12.9. The molecule has 0 aromatic heterocycles. The van der Waals surface area contributed by atoms with Gasteiger partial charge < -0.3 is 19.7 Å². The fourth-order valence-corrected chi connectivity index (χ4v) is 5.15. The number of carbonyl (C=O) groups is 2. The topological polar surface area (TPSA) is 67.9 Å². The van der Waals surface area contributed by atoms with Gasteiger partial charge in [-0.05, 0) is 40.7 Å². The van der Waals surface area contributed by atoms with Crippen molar-refractivity contribution in [2.75, 3.05) is 26.1 Å². The van der Waals surface area contributed by atoms with E-state index in [1.807, 2.05) is 68.4 Å². The number of methoxy groups -OCH3 is 2. The number of nitrogens with zero attached hydrogens (tertiary/aromatic N) is 1. The zero-order chi connectivity index (χ0) is 28.2. The second-order valence-electron chi connectivity index (χ2n) is 10.6. The molecule has 8 heteroatoms. The van der Waals surface area contributed by atoms with E-state index in [4.69, 9.17) is 9.47 Å². The first kappa shape index (κ1) is 28.2. The number of nitrogens with one attached hydrogen (secondary N) is 1. The van der Waals surface area contributed by atoms with Crippen LogP contribution in [0.3, 0.4) is 0 Å². The van der Waals surface area contributed by atoms with E-state index in [0.717, 1.165) is 28.8 Å². The van der Waals surface area contributed by atoms with Crippen LogP contribution >= 0.6 is 0 Å². The van der Waals surface area contributed by atoms with E-state index in [9.17, 15) is 18.4 Å². The highest BCUT2D eigenvalue weighted by molar-refractivity contribution is 5.90. The molecule has 1 aliphatic rings. The number of likely N-dealkylation sites (tertiary alicyclic amines) is 1. The number of benzene rings is 3. The van der Waals surface area contributed by atoms with E-state index < -0.39 is 35.1 Å². The summed E-state index contributed by atoms with van der Waals surface area (Å²) in [6.45, 7) is 4.09. The third-order valence-electron chi connectivity index (χ3n) is 7.33. The van der Waals surface area contributed by atoms with Crippen molar-refractivity contribution in [3.05, 3.63) is 90.0 Å². The lowest BCUT2D eigenvalue weighted by Gasteiger charge is -2.38. The first-order chi connectivity index (χ1) is 18.6. The summed E-state index contributed by atoms with van der Waals surface area (Å²) in [6.07, 6.45) is 0.490. The number of carbonyl (C=O) groups excluding carboxylic acids is 2. The second kappa shape index (κ2) is 11.9. The number of hydrogen-bond donors (Lipinski definition) is 1. The lowest BCUT2D eigenvalue weighted by atomic mass is 9.77. The summed E-state index contributed by atoms with van der Waals surface area (Å²) < 4.78 is 38.1. The van der Waals surface area contributed by atoms with E-state index >= 15 is 0 Å². The standard InChI is InChI=1S/C31H34F2N2O4/c1-31(2,18-20-10-12-22(13-11-20)21-8-6-5-7-9-21)28(34-23-14-15-25(32)26(33)16-23)29(36)35-19-24(38-3)17-27(35)30(37)39-4/h5-16,24,27-28,34H,17-19H2,1-4H3/t24?,27?,28-/m1/s1. The van der Waals surface area contributed by atoms with Gasteiger partial charge >= 0.3 is 5.97 Å². The van der Waals surface area contributed by atoms with Crippen molar-refractivity contribution >= 4 is 17.6 Å². The molecule has 0 saturated carbocycles. The Hall–Kier alpha value is -3.78. The molecule has 3 atom stereocenters. The van der Waals surface area contributed by atoms with E-state index in [1.165, 1.54) is 25.2 Å². The van der Waals surface area contributed by atoms with E-state index in [0.29, 0.717) is 12.8 Å². The molecule has 1 aliphatic heterocycles. The van der Waals surface area contributed by atoms with Crippen LogP contribution in [0.1, 0.15) is 25.8 Å². The maximum atomic E-state index is 14.1. The number of esters is 1. The molecule has 1 heterocycles. The van der Waals surface area contributed by atoms with Crippen LogP contribution < -0.4 is 5.32 Å². The maximum Gasteiger partial charge on any atom is 0.328 e. The highest BCUT2D eigenvalue weighted by atomic mass is 19.2. The molecule has 0 radical (unpaired) electrons. The average Bonchev–Trinajstić information content (AvgIpc) is 3.38.